The van der Waals surface area contributed by atoms with E-state index >= 15 is 0 Å². The van der Waals surface area contributed by atoms with Crippen molar-refractivity contribution in [2.45, 2.75) is 0 Å². The predicted molar refractivity (Wildman–Crippen MR) is 31.8 cm³/mol. The molecule has 1 heterocycles. The lowest BCUT2D eigenvalue weighted by atomic mass is 10.7. The molecule has 0 saturated heterocycles. The molecule has 0 aliphatic carbocycles. The minimum Gasteiger partial charge on any atom is -0.358 e. The number of nitro groups is 1. The molecule has 5 heteroatoms. The highest BCUT2D eigenvalue weighted by molar-refractivity contribution is 8.00. The van der Waals surface area contributed by atoms with Crippen molar-refractivity contribution in [1.82, 2.24) is 0 Å². The van der Waals surface area contributed by atoms with Crippen LogP contribution in [0.25, 0.3) is 0 Å². The fourth-order valence-corrected chi connectivity index (χ4v) is 1.12. The standard InChI is InChI=1S/C3H4N2O2S/c6-5(7)3-1-8-2-4-3/h1-2H2. The lowest BCUT2D eigenvalue weighted by Crippen LogP contribution is -2.10. The van der Waals surface area contributed by atoms with Gasteiger partial charge in [-0.05, 0) is 4.92 Å². The molecule has 0 unspecified atom stereocenters. The van der Waals surface area contributed by atoms with Gasteiger partial charge < -0.3 is 10.1 Å². The fourth-order valence-electron chi connectivity index (χ4n) is 0.413. The number of hydrogen-bond donors (Lipinski definition) is 0. The van der Waals surface area contributed by atoms with E-state index in [9.17, 15) is 10.1 Å². The molecule has 0 fully saturated rings. The first-order valence-electron chi connectivity index (χ1n) is 2.06. The van der Waals surface area contributed by atoms with Gasteiger partial charge in [0.1, 0.15) is 5.75 Å². The van der Waals surface area contributed by atoms with Gasteiger partial charge in [-0.15, -0.1) is 0 Å². The number of amidine groups is 1. The van der Waals surface area contributed by atoms with Gasteiger partial charge in [-0.1, -0.05) is 16.8 Å². The fraction of sp³-hybridized carbons (Fsp3) is 0.667. The summed E-state index contributed by atoms with van der Waals surface area (Å²) in [7, 11) is 0. The average Bonchev–Trinajstić information content (AvgIpc) is 2.12. The molecule has 0 saturated carbocycles. The largest absolute Gasteiger partial charge is 0.358 e. The number of aliphatic imine (C=N–C) groups is 1. The van der Waals surface area contributed by atoms with Gasteiger partial charge in [-0.25, -0.2) is 0 Å². The van der Waals surface area contributed by atoms with Crippen LogP contribution >= 0.6 is 11.8 Å². The quantitative estimate of drug-likeness (QED) is 0.353. The van der Waals surface area contributed by atoms with Crippen LogP contribution in [0.4, 0.5) is 0 Å². The monoisotopic (exact) mass is 132 g/mol. The molecule has 0 aromatic carbocycles. The van der Waals surface area contributed by atoms with Crippen molar-refractivity contribution in [2.75, 3.05) is 11.6 Å². The van der Waals surface area contributed by atoms with Crippen LogP contribution in [0.3, 0.4) is 0 Å². The van der Waals surface area contributed by atoms with Crippen molar-refractivity contribution in [3.8, 4) is 0 Å². The normalized spacial score (nSPS) is 18.2. The Hall–Kier alpha value is -0.580. The zero-order valence-electron chi connectivity index (χ0n) is 4.03. The van der Waals surface area contributed by atoms with E-state index in [0.717, 1.165) is 0 Å². The van der Waals surface area contributed by atoms with Crippen LogP contribution in [0, 0.1) is 10.1 Å². The summed E-state index contributed by atoms with van der Waals surface area (Å²) in [5.74, 6) is 1.12. The average molecular weight is 132 g/mol. The van der Waals surface area contributed by atoms with E-state index in [1.165, 1.54) is 11.8 Å². The molecule has 0 aromatic rings. The highest BCUT2D eigenvalue weighted by atomic mass is 32.2. The van der Waals surface area contributed by atoms with E-state index < -0.39 is 4.92 Å². The lowest BCUT2D eigenvalue weighted by molar-refractivity contribution is -0.350. The van der Waals surface area contributed by atoms with Gasteiger partial charge in [0, 0.05) is 0 Å². The van der Waals surface area contributed by atoms with Crippen molar-refractivity contribution in [1.29, 1.82) is 0 Å². The zero-order valence-corrected chi connectivity index (χ0v) is 4.85. The third-order valence-corrected chi connectivity index (χ3v) is 1.55. The van der Waals surface area contributed by atoms with Gasteiger partial charge in [0.15, 0.2) is 5.88 Å². The molecule has 8 heavy (non-hydrogen) atoms. The van der Waals surface area contributed by atoms with Crippen molar-refractivity contribution in [3.05, 3.63) is 10.1 Å². The zero-order chi connectivity index (χ0) is 5.98. The van der Waals surface area contributed by atoms with E-state index in [1.54, 1.807) is 0 Å². The second-order valence-electron chi connectivity index (χ2n) is 1.31. The third kappa shape index (κ3) is 0.975. The Morgan fingerprint density at radius 1 is 1.88 bits per heavy atom. The van der Waals surface area contributed by atoms with E-state index in [2.05, 4.69) is 4.99 Å². The van der Waals surface area contributed by atoms with Crippen LogP contribution in [-0.2, 0) is 0 Å². The summed E-state index contributed by atoms with van der Waals surface area (Å²) >= 11 is 1.47. The molecular weight excluding hydrogens is 128 g/mol. The van der Waals surface area contributed by atoms with Gasteiger partial charge in [0.25, 0.3) is 0 Å². The molecule has 1 rings (SSSR count). The molecular formula is C3H4N2O2S. The first kappa shape index (κ1) is 5.55. The highest BCUT2D eigenvalue weighted by Gasteiger charge is 2.17. The molecule has 0 atom stereocenters. The van der Waals surface area contributed by atoms with Gasteiger partial charge in [-0.3, -0.25) is 0 Å². The Kier molecular flexibility index (Phi) is 1.48. The molecule has 44 valence electrons. The van der Waals surface area contributed by atoms with Crippen molar-refractivity contribution in [2.24, 2.45) is 4.99 Å². The number of nitrogens with zero attached hydrogens (tertiary/aromatic N) is 2. The van der Waals surface area contributed by atoms with E-state index in [0.29, 0.717) is 11.6 Å². The van der Waals surface area contributed by atoms with Crippen molar-refractivity contribution >= 4 is 17.6 Å². The Morgan fingerprint density at radius 2 is 2.62 bits per heavy atom. The van der Waals surface area contributed by atoms with Crippen LogP contribution in [0.15, 0.2) is 4.99 Å². The first-order valence-corrected chi connectivity index (χ1v) is 3.21. The molecule has 0 radical (unpaired) electrons. The summed E-state index contributed by atoms with van der Waals surface area (Å²) in [6, 6.07) is 0. The minimum absolute atomic E-state index is 0.106. The van der Waals surface area contributed by atoms with E-state index in [-0.39, 0.29) is 5.84 Å². The van der Waals surface area contributed by atoms with E-state index in [4.69, 9.17) is 0 Å². The van der Waals surface area contributed by atoms with Crippen LogP contribution in [0.2, 0.25) is 0 Å². The van der Waals surface area contributed by atoms with E-state index in [1.807, 2.05) is 0 Å². The third-order valence-electron chi connectivity index (χ3n) is 0.780. The molecule has 0 amide bonds. The Balaban J connectivity index is 2.57. The highest BCUT2D eigenvalue weighted by Crippen LogP contribution is 2.08. The van der Waals surface area contributed by atoms with Crippen molar-refractivity contribution < 1.29 is 4.92 Å². The molecule has 0 N–H and O–H groups in total. The van der Waals surface area contributed by atoms with Gasteiger partial charge in [-0.2, -0.15) is 0 Å². The second kappa shape index (κ2) is 2.13. The number of thioether (sulfide) groups is 1. The second-order valence-corrected chi connectivity index (χ2v) is 2.26. The van der Waals surface area contributed by atoms with Crippen LogP contribution in [0.1, 0.15) is 0 Å². The summed E-state index contributed by atoms with van der Waals surface area (Å²) in [5, 5.41) is 9.86. The molecule has 0 spiro atoms. The molecule has 0 aromatic heterocycles. The topological polar surface area (TPSA) is 55.5 Å². The summed E-state index contributed by atoms with van der Waals surface area (Å²) < 4.78 is 0. The van der Waals surface area contributed by atoms with Crippen LogP contribution < -0.4 is 0 Å². The molecule has 1 aliphatic heterocycles. The van der Waals surface area contributed by atoms with Crippen LogP contribution in [-0.4, -0.2) is 22.4 Å². The smallest absolute Gasteiger partial charge is 0.344 e. The van der Waals surface area contributed by atoms with Crippen LogP contribution in [0.5, 0.6) is 0 Å². The van der Waals surface area contributed by atoms with Gasteiger partial charge >= 0.3 is 5.84 Å². The molecule has 4 nitrogen and oxygen atoms in total. The summed E-state index contributed by atoms with van der Waals surface area (Å²) in [4.78, 5) is 13.0. The SMILES string of the molecule is O=[N+]([O-])C1=NCSC1. The summed E-state index contributed by atoms with van der Waals surface area (Å²) in [6.07, 6.45) is 0. The Labute approximate surface area is 50.1 Å². The Morgan fingerprint density at radius 3 is 2.88 bits per heavy atom. The van der Waals surface area contributed by atoms with Gasteiger partial charge in [0.2, 0.25) is 0 Å². The maximum atomic E-state index is 9.86. The summed E-state index contributed by atoms with van der Waals surface area (Å²) in [5.41, 5.74) is 0. The maximum Gasteiger partial charge on any atom is 0.344 e. The first-order chi connectivity index (χ1) is 3.80. The predicted octanol–water partition coefficient (Wildman–Crippen LogP) is 0.366. The number of hydrogen-bond acceptors (Lipinski definition) is 4. The Bertz CT molecular complexity index is 144. The maximum absolute atomic E-state index is 9.86. The molecule has 0 bridgehead atoms. The summed E-state index contributed by atoms with van der Waals surface area (Å²) in [6.45, 7) is 0. The van der Waals surface area contributed by atoms with Gasteiger partial charge in [0.05, 0.1) is 0 Å². The lowest BCUT2D eigenvalue weighted by Gasteiger charge is -1.86. The number of rotatable bonds is 0. The molecule has 1 aliphatic rings. The minimum atomic E-state index is -0.431. The van der Waals surface area contributed by atoms with Crippen molar-refractivity contribution in [3.63, 3.8) is 0 Å².